The summed E-state index contributed by atoms with van der Waals surface area (Å²) >= 11 is 0. The van der Waals surface area contributed by atoms with Crippen molar-refractivity contribution in [3.63, 3.8) is 0 Å². The van der Waals surface area contributed by atoms with Gasteiger partial charge in [0, 0.05) is 19.1 Å². The van der Waals surface area contributed by atoms with E-state index in [9.17, 15) is 0 Å². The zero-order valence-electron chi connectivity index (χ0n) is 5.61. The summed E-state index contributed by atoms with van der Waals surface area (Å²) in [4.78, 5) is 0. The van der Waals surface area contributed by atoms with E-state index in [4.69, 9.17) is 0 Å². The predicted molar refractivity (Wildman–Crippen MR) is 36.9 cm³/mol. The van der Waals surface area contributed by atoms with E-state index in [1.807, 2.05) is 0 Å². The second-order valence-corrected chi connectivity index (χ2v) is 2.95. The summed E-state index contributed by atoms with van der Waals surface area (Å²) < 4.78 is 0. The Hall–Kier alpha value is -0.0800. The van der Waals surface area contributed by atoms with Gasteiger partial charge in [-0.2, -0.15) is 0 Å². The molecule has 3 saturated heterocycles. The molecular formula is C7H13N2. The van der Waals surface area contributed by atoms with Gasteiger partial charge in [0.15, 0.2) is 0 Å². The average Bonchev–Trinajstić information content (AvgIpc) is 2.21. The van der Waals surface area contributed by atoms with E-state index in [2.05, 4.69) is 10.6 Å². The average molecular weight is 125 g/mol. The van der Waals surface area contributed by atoms with Gasteiger partial charge in [0.25, 0.3) is 0 Å². The maximum absolute atomic E-state index is 3.48. The van der Waals surface area contributed by atoms with Crippen LogP contribution in [0.15, 0.2) is 0 Å². The van der Waals surface area contributed by atoms with Crippen molar-refractivity contribution in [1.82, 2.24) is 10.6 Å². The third kappa shape index (κ3) is 1.10. The fraction of sp³-hybridized carbons (Fsp3) is 0.857. The molecule has 3 aliphatic rings. The predicted octanol–water partition coefficient (Wildman–Crippen LogP) is 0.264. The van der Waals surface area contributed by atoms with Gasteiger partial charge < -0.3 is 10.6 Å². The summed E-state index contributed by atoms with van der Waals surface area (Å²) in [5, 5.41) is 6.92. The minimum Gasteiger partial charge on any atom is -0.311 e. The molecule has 0 spiro atoms. The van der Waals surface area contributed by atoms with Crippen LogP contribution < -0.4 is 10.6 Å². The molecule has 2 heteroatoms. The first-order valence-corrected chi connectivity index (χ1v) is 3.77. The van der Waals surface area contributed by atoms with Gasteiger partial charge in [-0.1, -0.05) is 0 Å². The fourth-order valence-corrected chi connectivity index (χ4v) is 1.61. The van der Waals surface area contributed by atoms with Gasteiger partial charge in [-0.25, -0.2) is 0 Å². The molecule has 9 heavy (non-hydrogen) atoms. The molecule has 2 nitrogen and oxygen atoms in total. The van der Waals surface area contributed by atoms with Crippen molar-refractivity contribution in [1.29, 1.82) is 0 Å². The Kier molecular flexibility index (Phi) is 1.44. The smallest absolute Gasteiger partial charge is 0.0503 e. The van der Waals surface area contributed by atoms with Gasteiger partial charge in [-0.15, -0.1) is 0 Å². The molecule has 3 fully saturated rings. The Labute approximate surface area is 56.0 Å². The molecule has 1 unspecified atom stereocenters. The van der Waals surface area contributed by atoms with Gasteiger partial charge in [0.05, 0.1) is 6.04 Å². The maximum Gasteiger partial charge on any atom is 0.0503 e. The van der Waals surface area contributed by atoms with Crippen LogP contribution in [-0.4, -0.2) is 19.1 Å². The molecule has 3 aliphatic heterocycles. The van der Waals surface area contributed by atoms with Gasteiger partial charge in [0.2, 0.25) is 0 Å². The molecule has 0 aromatic carbocycles. The third-order valence-electron chi connectivity index (χ3n) is 2.23. The fourth-order valence-electron chi connectivity index (χ4n) is 1.61. The number of hydrogen-bond donors (Lipinski definition) is 2. The van der Waals surface area contributed by atoms with Crippen LogP contribution in [0.5, 0.6) is 0 Å². The molecule has 3 heterocycles. The van der Waals surface area contributed by atoms with E-state index >= 15 is 0 Å². The second kappa shape index (κ2) is 2.27. The van der Waals surface area contributed by atoms with Crippen LogP contribution in [0.25, 0.3) is 0 Å². The lowest BCUT2D eigenvalue weighted by atomic mass is 10.1. The second-order valence-electron chi connectivity index (χ2n) is 2.95. The highest BCUT2D eigenvalue weighted by Crippen LogP contribution is 2.17. The SMILES string of the molecule is C1C[C]2CNC(C1)CN2. The van der Waals surface area contributed by atoms with Crippen molar-refractivity contribution in [2.75, 3.05) is 13.1 Å². The van der Waals surface area contributed by atoms with Crippen molar-refractivity contribution in [2.45, 2.75) is 25.3 Å². The monoisotopic (exact) mass is 125 g/mol. The zero-order chi connectivity index (χ0) is 6.10. The first-order chi connectivity index (χ1) is 4.45. The van der Waals surface area contributed by atoms with Crippen LogP contribution >= 0.6 is 0 Å². The van der Waals surface area contributed by atoms with E-state index in [0.29, 0.717) is 0 Å². The van der Waals surface area contributed by atoms with Gasteiger partial charge >= 0.3 is 0 Å². The quantitative estimate of drug-likeness (QED) is 0.485. The zero-order valence-corrected chi connectivity index (χ0v) is 5.61. The minimum absolute atomic E-state index is 0.760. The van der Waals surface area contributed by atoms with Crippen LogP contribution in [0.1, 0.15) is 19.3 Å². The molecule has 1 atom stereocenters. The molecule has 51 valence electrons. The summed E-state index contributed by atoms with van der Waals surface area (Å²) in [6, 6.07) is 2.28. The minimum atomic E-state index is 0.760. The highest BCUT2D eigenvalue weighted by Gasteiger charge is 2.23. The molecule has 0 aromatic heterocycles. The van der Waals surface area contributed by atoms with Gasteiger partial charge in [-0.05, 0) is 19.3 Å². The lowest BCUT2D eigenvalue weighted by Gasteiger charge is -2.25. The number of fused-ring (bicyclic) bond motifs is 4. The van der Waals surface area contributed by atoms with E-state index < -0.39 is 0 Å². The highest BCUT2D eigenvalue weighted by atomic mass is 15.1. The normalized spacial score (nSPS) is 36.7. The van der Waals surface area contributed by atoms with Gasteiger partial charge in [0.1, 0.15) is 0 Å². The summed E-state index contributed by atoms with van der Waals surface area (Å²) in [6.07, 6.45) is 4.03. The van der Waals surface area contributed by atoms with Crippen molar-refractivity contribution >= 4 is 0 Å². The van der Waals surface area contributed by atoms with Crippen LogP contribution in [0.3, 0.4) is 0 Å². The summed E-state index contributed by atoms with van der Waals surface area (Å²) in [5.74, 6) is 0. The van der Waals surface area contributed by atoms with E-state index in [1.54, 1.807) is 0 Å². The third-order valence-corrected chi connectivity index (χ3v) is 2.23. The Balaban J connectivity index is 2.03. The first kappa shape index (κ1) is 5.69. The van der Waals surface area contributed by atoms with Crippen LogP contribution in [-0.2, 0) is 0 Å². The highest BCUT2D eigenvalue weighted by molar-refractivity contribution is 4.99. The molecule has 3 rings (SSSR count). The van der Waals surface area contributed by atoms with Crippen LogP contribution in [0.2, 0.25) is 0 Å². The van der Waals surface area contributed by atoms with Crippen molar-refractivity contribution in [2.24, 2.45) is 0 Å². The first-order valence-electron chi connectivity index (χ1n) is 3.77. The van der Waals surface area contributed by atoms with E-state index in [1.165, 1.54) is 25.3 Å². The topological polar surface area (TPSA) is 24.1 Å². The lowest BCUT2D eigenvalue weighted by Crippen LogP contribution is -2.47. The van der Waals surface area contributed by atoms with Crippen molar-refractivity contribution in [3.05, 3.63) is 6.04 Å². The van der Waals surface area contributed by atoms with E-state index in [0.717, 1.165) is 19.1 Å². The van der Waals surface area contributed by atoms with Gasteiger partial charge in [-0.3, -0.25) is 0 Å². The number of nitrogens with one attached hydrogen (secondary N) is 2. The summed E-state index contributed by atoms with van der Waals surface area (Å²) in [5.41, 5.74) is 0. The number of rotatable bonds is 0. The molecule has 2 bridgehead atoms. The summed E-state index contributed by atoms with van der Waals surface area (Å²) in [6.45, 7) is 2.28. The Morgan fingerprint density at radius 1 is 1.44 bits per heavy atom. The molecule has 0 aromatic rings. The van der Waals surface area contributed by atoms with Crippen LogP contribution in [0, 0.1) is 6.04 Å². The van der Waals surface area contributed by atoms with Crippen LogP contribution in [0.4, 0.5) is 0 Å². The van der Waals surface area contributed by atoms with Crippen molar-refractivity contribution in [3.8, 4) is 0 Å². The molecule has 1 radical (unpaired) electrons. The molecule has 0 amide bonds. The van der Waals surface area contributed by atoms with Crippen molar-refractivity contribution < 1.29 is 0 Å². The maximum atomic E-state index is 3.48. The largest absolute Gasteiger partial charge is 0.311 e. The van der Waals surface area contributed by atoms with E-state index in [-0.39, 0.29) is 0 Å². The number of hydrogen-bond acceptors (Lipinski definition) is 2. The molecule has 2 N–H and O–H groups in total. The number of piperazine rings is 1. The standard InChI is InChI=1S/C7H13N2/c1-2-6-4-9-7(3-1)5-8-6/h6,8-9H,1-5H2. The lowest BCUT2D eigenvalue weighted by molar-refractivity contribution is 0.436. The Morgan fingerprint density at radius 3 is 3.22 bits per heavy atom. The molecule has 0 aliphatic carbocycles. The molecule has 0 saturated carbocycles. The Bertz CT molecular complexity index is 77.6. The summed E-state index contributed by atoms with van der Waals surface area (Å²) in [7, 11) is 0. The molecular weight excluding hydrogens is 112 g/mol. The Morgan fingerprint density at radius 2 is 2.44 bits per heavy atom.